The van der Waals surface area contributed by atoms with Crippen molar-refractivity contribution in [2.75, 3.05) is 14.2 Å². The molecule has 118 valence electrons. The molecular weight excluding hydrogens is 258 g/mol. The SMILES string of the molecule is CCc1ccc(CC(NC)C2(OC)CCC(C)CC2)cc1. The molecule has 2 rings (SSSR count). The van der Waals surface area contributed by atoms with Crippen molar-refractivity contribution < 1.29 is 4.74 Å². The average Bonchev–Trinajstić information content (AvgIpc) is 2.54. The van der Waals surface area contributed by atoms with Gasteiger partial charge in [0.25, 0.3) is 0 Å². The zero-order valence-electron chi connectivity index (χ0n) is 14.1. The van der Waals surface area contributed by atoms with Crippen molar-refractivity contribution in [2.24, 2.45) is 5.92 Å². The van der Waals surface area contributed by atoms with Gasteiger partial charge in [-0.15, -0.1) is 0 Å². The number of nitrogens with one attached hydrogen (secondary N) is 1. The lowest BCUT2D eigenvalue weighted by atomic mass is 9.74. The van der Waals surface area contributed by atoms with Crippen molar-refractivity contribution in [3.63, 3.8) is 0 Å². The van der Waals surface area contributed by atoms with Gasteiger partial charge >= 0.3 is 0 Å². The summed E-state index contributed by atoms with van der Waals surface area (Å²) in [6.07, 6.45) is 7.05. The second-order valence-corrected chi connectivity index (χ2v) is 6.67. The molecule has 0 amide bonds. The van der Waals surface area contributed by atoms with E-state index in [1.807, 2.05) is 7.11 Å². The maximum Gasteiger partial charge on any atom is 0.0834 e. The van der Waals surface area contributed by atoms with Crippen molar-refractivity contribution in [1.82, 2.24) is 5.32 Å². The van der Waals surface area contributed by atoms with Crippen LogP contribution in [0.15, 0.2) is 24.3 Å². The predicted octanol–water partition coefficient (Wildman–Crippen LogP) is 3.97. The zero-order valence-corrected chi connectivity index (χ0v) is 14.1. The summed E-state index contributed by atoms with van der Waals surface area (Å²) < 4.78 is 6.03. The summed E-state index contributed by atoms with van der Waals surface area (Å²) in [5, 5.41) is 3.53. The number of rotatable bonds is 6. The van der Waals surface area contributed by atoms with Gasteiger partial charge in [0.15, 0.2) is 0 Å². The van der Waals surface area contributed by atoms with Crippen LogP contribution in [0, 0.1) is 5.92 Å². The lowest BCUT2D eigenvalue weighted by Gasteiger charge is -2.44. The molecule has 0 aliphatic heterocycles. The van der Waals surface area contributed by atoms with Gasteiger partial charge in [0.2, 0.25) is 0 Å². The van der Waals surface area contributed by atoms with E-state index in [4.69, 9.17) is 4.74 Å². The molecule has 0 radical (unpaired) electrons. The molecule has 1 N–H and O–H groups in total. The largest absolute Gasteiger partial charge is 0.377 e. The van der Waals surface area contributed by atoms with E-state index >= 15 is 0 Å². The molecule has 1 atom stereocenters. The molecule has 1 aromatic carbocycles. The van der Waals surface area contributed by atoms with Crippen LogP contribution < -0.4 is 5.32 Å². The van der Waals surface area contributed by atoms with Crippen molar-refractivity contribution in [3.8, 4) is 0 Å². The Bertz CT molecular complexity index is 418. The number of likely N-dealkylation sites (N-methyl/N-ethyl adjacent to an activating group) is 1. The van der Waals surface area contributed by atoms with E-state index in [2.05, 4.69) is 50.5 Å². The fraction of sp³-hybridized carbons (Fsp3) is 0.684. The summed E-state index contributed by atoms with van der Waals surface area (Å²) in [4.78, 5) is 0. The van der Waals surface area contributed by atoms with E-state index < -0.39 is 0 Å². The van der Waals surface area contributed by atoms with Crippen LogP contribution in [-0.2, 0) is 17.6 Å². The Morgan fingerprint density at radius 1 is 1.19 bits per heavy atom. The third-order valence-corrected chi connectivity index (χ3v) is 5.38. The highest BCUT2D eigenvalue weighted by Crippen LogP contribution is 2.37. The van der Waals surface area contributed by atoms with Crippen molar-refractivity contribution in [1.29, 1.82) is 0 Å². The Morgan fingerprint density at radius 3 is 2.24 bits per heavy atom. The van der Waals surface area contributed by atoms with Crippen molar-refractivity contribution >= 4 is 0 Å². The summed E-state index contributed by atoms with van der Waals surface area (Å²) in [7, 11) is 3.96. The Balaban J connectivity index is 2.09. The molecule has 0 bridgehead atoms. The Hall–Kier alpha value is -0.860. The summed E-state index contributed by atoms with van der Waals surface area (Å²) in [6, 6.07) is 9.45. The average molecular weight is 289 g/mol. The maximum absolute atomic E-state index is 6.03. The summed E-state index contributed by atoms with van der Waals surface area (Å²) in [5.74, 6) is 0.842. The number of hydrogen-bond acceptors (Lipinski definition) is 2. The fourth-order valence-electron chi connectivity index (χ4n) is 3.64. The second kappa shape index (κ2) is 7.42. The molecule has 1 aliphatic carbocycles. The van der Waals surface area contributed by atoms with Gasteiger partial charge in [0.05, 0.1) is 5.60 Å². The van der Waals surface area contributed by atoms with Crippen molar-refractivity contribution in [2.45, 2.75) is 64.0 Å². The molecule has 2 nitrogen and oxygen atoms in total. The van der Waals surface area contributed by atoms with E-state index in [1.54, 1.807) is 0 Å². The molecule has 0 saturated heterocycles. The quantitative estimate of drug-likeness (QED) is 0.855. The number of hydrogen-bond donors (Lipinski definition) is 1. The van der Waals surface area contributed by atoms with E-state index in [1.165, 1.54) is 36.8 Å². The number of aryl methyl sites for hydroxylation is 1. The molecule has 1 aliphatic rings. The minimum Gasteiger partial charge on any atom is -0.377 e. The molecule has 2 heteroatoms. The Morgan fingerprint density at radius 2 is 1.76 bits per heavy atom. The lowest BCUT2D eigenvalue weighted by molar-refractivity contribution is -0.0730. The minimum atomic E-state index is 0.00465. The predicted molar refractivity (Wildman–Crippen MR) is 89.7 cm³/mol. The molecule has 1 aromatic rings. The van der Waals surface area contributed by atoms with Gasteiger partial charge in [-0.2, -0.15) is 0 Å². The first-order chi connectivity index (χ1) is 10.1. The van der Waals surface area contributed by atoms with Gasteiger partial charge in [0.1, 0.15) is 0 Å². The highest BCUT2D eigenvalue weighted by molar-refractivity contribution is 5.24. The van der Waals surface area contributed by atoms with Gasteiger partial charge in [-0.25, -0.2) is 0 Å². The summed E-state index contributed by atoms with van der Waals surface area (Å²) >= 11 is 0. The first-order valence-electron chi connectivity index (χ1n) is 8.43. The molecule has 0 spiro atoms. The van der Waals surface area contributed by atoms with Crippen LogP contribution in [0.4, 0.5) is 0 Å². The van der Waals surface area contributed by atoms with E-state index in [0.29, 0.717) is 6.04 Å². The first-order valence-corrected chi connectivity index (χ1v) is 8.43. The monoisotopic (exact) mass is 289 g/mol. The zero-order chi connectivity index (χ0) is 15.3. The topological polar surface area (TPSA) is 21.3 Å². The number of ether oxygens (including phenoxy) is 1. The molecule has 0 heterocycles. The minimum absolute atomic E-state index is 0.00465. The van der Waals surface area contributed by atoms with Crippen molar-refractivity contribution in [3.05, 3.63) is 35.4 Å². The van der Waals surface area contributed by atoms with E-state index in [-0.39, 0.29) is 5.60 Å². The second-order valence-electron chi connectivity index (χ2n) is 6.67. The summed E-state index contributed by atoms with van der Waals surface area (Å²) in [5.41, 5.74) is 2.82. The van der Waals surface area contributed by atoms with Gasteiger partial charge in [0, 0.05) is 13.2 Å². The highest BCUT2D eigenvalue weighted by Gasteiger charge is 2.40. The van der Waals surface area contributed by atoms with Gasteiger partial charge < -0.3 is 10.1 Å². The third-order valence-electron chi connectivity index (χ3n) is 5.38. The molecule has 1 unspecified atom stereocenters. The molecule has 1 fully saturated rings. The number of methoxy groups -OCH3 is 1. The van der Waals surface area contributed by atoms with Crippen LogP contribution in [-0.4, -0.2) is 25.8 Å². The van der Waals surface area contributed by atoms with Crippen LogP contribution in [0.3, 0.4) is 0 Å². The maximum atomic E-state index is 6.03. The molecular formula is C19H31NO. The number of benzene rings is 1. The Labute approximate surface area is 130 Å². The third kappa shape index (κ3) is 3.87. The first kappa shape index (κ1) is 16.5. The van der Waals surface area contributed by atoms with Crippen LogP contribution in [0.5, 0.6) is 0 Å². The van der Waals surface area contributed by atoms with Gasteiger partial charge in [-0.3, -0.25) is 0 Å². The van der Waals surface area contributed by atoms with Gasteiger partial charge in [-0.1, -0.05) is 38.1 Å². The Kier molecular flexibility index (Phi) is 5.83. The van der Waals surface area contributed by atoms with Gasteiger partial charge in [-0.05, 0) is 62.6 Å². The van der Waals surface area contributed by atoms with E-state index in [9.17, 15) is 0 Å². The van der Waals surface area contributed by atoms with Crippen LogP contribution in [0.1, 0.15) is 50.7 Å². The fourth-order valence-corrected chi connectivity index (χ4v) is 3.64. The molecule has 1 saturated carbocycles. The van der Waals surface area contributed by atoms with Crippen LogP contribution in [0.2, 0.25) is 0 Å². The standard InChI is InChI=1S/C19H31NO/c1-5-16-6-8-17(9-7-16)14-18(20-3)19(21-4)12-10-15(2)11-13-19/h6-9,15,18,20H,5,10-14H2,1-4H3. The normalized spacial score (nSPS) is 27.5. The van der Waals surface area contributed by atoms with Crippen LogP contribution >= 0.6 is 0 Å². The van der Waals surface area contributed by atoms with E-state index in [0.717, 1.165) is 18.8 Å². The molecule has 21 heavy (non-hydrogen) atoms. The lowest BCUT2D eigenvalue weighted by Crippen LogP contribution is -2.54. The summed E-state index contributed by atoms with van der Waals surface area (Å²) in [6.45, 7) is 4.56. The molecule has 0 aromatic heterocycles. The van der Waals surface area contributed by atoms with Crippen LogP contribution in [0.25, 0.3) is 0 Å². The smallest absolute Gasteiger partial charge is 0.0834 e. The highest BCUT2D eigenvalue weighted by atomic mass is 16.5.